The number of benzene rings is 2. The van der Waals surface area contributed by atoms with Gasteiger partial charge in [-0.25, -0.2) is 31.1 Å². The predicted molar refractivity (Wildman–Crippen MR) is 90.7 cm³/mol. The van der Waals surface area contributed by atoms with E-state index in [1.54, 1.807) is 0 Å². The molecule has 0 aliphatic carbocycles. The second kappa shape index (κ2) is 7.80. The molecule has 0 atom stereocenters. The molecule has 0 radical (unpaired) electrons. The summed E-state index contributed by atoms with van der Waals surface area (Å²) in [7, 11) is 0.924. The molecule has 32 heavy (non-hydrogen) atoms. The van der Waals surface area contributed by atoms with Gasteiger partial charge in [0.2, 0.25) is 5.82 Å². The van der Waals surface area contributed by atoms with E-state index in [1.165, 1.54) is 0 Å². The Morgan fingerprint density at radius 2 is 1.56 bits per heavy atom. The Balaban J connectivity index is 2.26. The number of carbonyl (C=O) groups is 2. The standard InChI is InChI=1S/C19H9F8NO4/c1-6(17(29)31-2)5-28-9-3-7(8(20)4-10(9)32-19(26,27)18(28)30)11-12(21)14(23)16(25)15(24)13(11)22/h3-4H,1,5H2,2H3. The van der Waals surface area contributed by atoms with Crippen molar-refractivity contribution in [2.45, 2.75) is 6.11 Å². The highest BCUT2D eigenvalue weighted by molar-refractivity contribution is 6.03. The van der Waals surface area contributed by atoms with E-state index in [-0.39, 0.29) is 11.0 Å². The molecule has 1 aliphatic rings. The molecule has 1 aliphatic heterocycles. The summed E-state index contributed by atoms with van der Waals surface area (Å²) >= 11 is 0. The minimum Gasteiger partial charge on any atom is -0.466 e. The fraction of sp³-hybridized carbons (Fsp3) is 0.158. The van der Waals surface area contributed by atoms with E-state index in [2.05, 4.69) is 16.1 Å². The number of carbonyl (C=O) groups excluding carboxylic acids is 2. The van der Waals surface area contributed by atoms with Gasteiger partial charge < -0.3 is 9.47 Å². The van der Waals surface area contributed by atoms with Gasteiger partial charge in [0.1, 0.15) is 5.82 Å². The second-order valence-corrected chi connectivity index (χ2v) is 6.35. The van der Waals surface area contributed by atoms with Crippen LogP contribution in [0.25, 0.3) is 11.1 Å². The number of hydrogen-bond donors (Lipinski definition) is 0. The van der Waals surface area contributed by atoms with E-state index >= 15 is 0 Å². The van der Waals surface area contributed by atoms with E-state index in [4.69, 9.17) is 0 Å². The Morgan fingerprint density at radius 1 is 1.03 bits per heavy atom. The Bertz CT molecular complexity index is 1150. The summed E-state index contributed by atoms with van der Waals surface area (Å²) in [5, 5.41) is 0. The van der Waals surface area contributed by atoms with Crippen LogP contribution in [0, 0.1) is 34.9 Å². The normalized spacial score (nSPS) is 14.7. The maximum atomic E-state index is 14.5. The predicted octanol–water partition coefficient (Wildman–Crippen LogP) is 4.24. The number of rotatable bonds is 4. The first-order chi connectivity index (χ1) is 14.8. The Hall–Kier alpha value is -3.64. The number of fused-ring (bicyclic) bond motifs is 1. The van der Waals surface area contributed by atoms with Crippen molar-refractivity contribution in [2.24, 2.45) is 0 Å². The quantitative estimate of drug-likeness (QED) is 0.222. The fourth-order valence-electron chi connectivity index (χ4n) is 2.87. The molecule has 1 heterocycles. The summed E-state index contributed by atoms with van der Waals surface area (Å²) < 4.78 is 120. The van der Waals surface area contributed by atoms with Crippen LogP contribution in [0.1, 0.15) is 0 Å². The minimum atomic E-state index is -4.54. The molecule has 0 fully saturated rings. The van der Waals surface area contributed by atoms with Gasteiger partial charge in [0, 0.05) is 17.2 Å². The van der Waals surface area contributed by atoms with Gasteiger partial charge in [0.25, 0.3) is 0 Å². The van der Waals surface area contributed by atoms with Crippen LogP contribution in [0.2, 0.25) is 0 Å². The van der Waals surface area contributed by atoms with Crippen molar-refractivity contribution in [3.63, 3.8) is 0 Å². The number of halogens is 8. The van der Waals surface area contributed by atoms with E-state index < -0.39 is 87.6 Å². The van der Waals surface area contributed by atoms with E-state index in [0.717, 1.165) is 7.11 Å². The highest BCUT2D eigenvalue weighted by atomic mass is 19.3. The van der Waals surface area contributed by atoms with Crippen molar-refractivity contribution in [1.82, 2.24) is 0 Å². The summed E-state index contributed by atoms with van der Waals surface area (Å²) in [5.41, 5.74) is -4.26. The van der Waals surface area contributed by atoms with Crippen LogP contribution in [0.4, 0.5) is 40.8 Å². The highest BCUT2D eigenvalue weighted by Gasteiger charge is 2.51. The lowest BCUT2D eigenvalue weighted by Gasteiger charge is -2.34. The molecule has 3 rings (SSSR count). The van der Waals surface area contributed by atoms with E-state index in [0.29, 0.717) is 6.07 Å². The van der Waals surface area contributed by atoms with Gasteiger partial charge in [0.05, 0.1) is 24.9 Å². The summed E-state index contributed by atoms with van der Waals surface area (Å²) in [6, 6.07) is 0.525. The molecule has 5 nitrogen and oxygen atoms in total. The number of anilines is 1. The van der Waals surface area contributed by atoms with Crippen molar-refractivity contribution in [2.75, 3.05) is 18.6 Å². The van der Waals surface area contributed by atoms with Gasteiger partial charge in [-0.2, -0.15) is 8.78 Å². The summed E-state index contributed by atoms with van der Waals surface area (Å²) in [6.07, 6.45) is -4.54. The smallest absolute Gasteiger partial charge is 0.466 e. The highest BCUT2D eigenvalue weighted by Crippen LogP contribution is 2.44. The van der Waals surface area contributed by atoms with Gasteiger partial charge in [-0.05, 0) is 6.07 Å². The number of nitrogens with zero attached hydrogens (tertiary/aromatic N) is 1. The third kappa shape index (κ3) is 3.52. The van der Waals surface area contributed by atoms with E-state index in [9.17, 15) is 44.7 Å². The Morgan fingerprint density at radius 3 is 2.09 bits per heavy atom. The van der Waals surface area contributed by atoms with Gasteiger partial charge in [-0.1, -0.05) is 6.58 Å². The number of methoxy groups -OCH3 is 1. The first-order valence-electron chi connectivity index (χ1n) is 8.32. The van der Waals surface area contributed by atoms with Crippen LogP contribution in [-0.4, -0.2) is 31.6 Å². The SMILES string of the molecule is C=C(CN1C(=O)C(F)(F)Oc2cc(F)c(-c3c(F)c(F)c(F)c(F)c3F)cc21)C(=O)OC. The van der Waals surface area contributed by atoms with Gasteiger partial charge in [0.15, 0.2) is 29.0 Å². The number of amides is 1. The van der Waals surface area contributed by atoms with Crippen molar-refractivity contribution in [1.29, 1.82) is 0 Å². The lowest BCUT2D eigenvalue weighted by atomic mass is 10.0. The molecule has 0 bridgehead atoms. The second-order valence-electron chi connectivity index (χ2n) is 6.35. The first-order valence-corrected chi connectivity index (χ1v) is 8.32. The maximum absolute atomic E-state index is 14.5. The molecular weight excluding hydrogens is 458 g/mol. The molecule has 0 aromatic heterocycles. The number of ether oxygens (including phenoxy) is 2. The van der Waals surface area contributed by atoms with Gasteiger partial charge >= 0.3 is 18.0 Å². The lowest BCUT2D eigenvalue weighted by Crippen LogP contribution is -2.51. The third-order valence-corrected chi connectivity index (χ3v) is 4.37. The van der Waals surface area contributed by atoms with Crippen LogP contribution < -0.4 is 9.64 Å². The number of alkyl halides is 2. The number of esters is 1. The van der Waals surface area contributed by atoms with Crippen LogP contribution >= 0.6 is 0 Å². The summed E-state index contributed by atoms with van der Waals surface area (Å²) in [4.78, 5) is 23.8. The van der Waals surface area contributed by atoms with Gasteiger partial charge in [-0.3, -0.25) is 9.69 Å². The first kappa shape index (κ1) is 23.0. The molecule has 13 heteroatoms. The summed E-state index contributed by atoms with van der Waals surface area (Å²) in [6.45, 7) is 2.29. The molecule has 1 amide bonds. The molecule has 0 N–H and O–H groups in total. The van der Waals surface area contributed by atoms with Crippen LogP contribution in [0.5, 0.6) is 5.75 Å². The molecule has 0 saturated heterocycles. The largest absolute Gasteiger partial charge is 0.482 e. The van der Waals surface area contributed by atoms with Crippen molar-refractivity contribution in [3.05, 3.63) is 59.2 Å². The van der Waals surface area contributed by atoms with Gasteiger partial charge in [-0.15, -0.1) is 0 Å². The lowest BCUT2D eigenvalue weighted by molar-refractivity contribution is -0.192. The molecule has 2 aromatic rings. The molecule has 170 valence electrons. The zero-order valence-corrected chi connectivity index (χ0v) is 15.7. The average Bonchev–Trinajstić information content (AvgIpc) is 2.74. The fourth-order valence-corrected chi connectivity index (χ4v) is 2.87. The van der Waals surface area contributed by atoms with Crippen LogP contribution in [0.15, 0.2) is 24.3 Å². The third-order valence-electron chi connectivity index (χ3n) is 4.37. The minimum absolute atomic E-state index is 0.160. The maximum Gasteiger partial charge on any atom is 0.482 e. The van der Waals surface area contributed by atoms with Crippen molar-refractivity contribution < 1.29 is 54.2 Å². The van der Waals surface area contributed by atoms with Crippen molar-refractivity contribution >= 4 is 17.6 Å². The van der Waals surface area contributed by atoms with Crippen LogP contribution in [0.3, 0.4) is 0 Å². The zero-order chi connectivity index (χ0) is 24.1. The molecule has 2 aromatic carbocycles. The molecular formula is C19H9F8NO4. The molecule has 0 spiro atoms. The summed E-state index contributed by atoms with van der Waals surface area (Å²) in [5.74, 6) is -18.0. The van der Waals surface area contributed by atoms with Crippen molar-refractivity contribution in [3.8, 4) is 16.9 Å². The molecule has 0 unspecified atom stereocenters. The Kier molecular flexibility index (Phi) is 5.62. The number of hydrogen-bond acceptors (Lipinski definition) is 4. The average molecular weight is 467 g/mol. The monoisotopic (exact) mass is 467 g/mol. The molecule has 0 saturated carbocycles. The van der Waals surface area contributed by atoms with E-state index in [1.807, 2.05) is 0 Å². The topological polar surface area (TPSA) is 55.8 Å². The zero-order valence-electron chi connectivity index (χ0n) is 15.7. The van der Waals surface area contributed by atoms with Crippen LogP contribution in [-0.2, 0) is 14.3 Å². The Labute approximate surface area is 173 Å².